The van der Waals surface area contributed by atoms with Crippen molar-refractivity contribution in [2.75, 3.05) is 21.3 Å². The average molecular weight is 256 g/mol. The third kappa shape index (κ3) is 2.88. The highest BCUT2D eigenvalue weighted by molar-refractivity contribution is 5.91. The lowest BCUT2D eigenvalue weighted by Crippen LogP contribution is -2.35. The summed E-state index contributed by atoms with van der Waals surface area (Å²) in [6, 6.07) is 0. The van der Waals surface area contributed by atoms with Crippen molar-refractivity contribution in [1.82, 2.24) is 0 Å². The molecule has 0 amide bonds. The zero-order chi connectivity index (χ0) is 13.7. The minimum Gasteiger partial charge on any atom is -0.469 e. The first-order valence-electron chi connectivity index (χ1n) is 5.48. The van der Waals surface area contributed by atoms with E-state index < -0.39 is 29.7 Å². The zero-order valence-corrected chi connectivity index (χ0v) is 10.6. The Morgan fingerprint density at radius 3 is 2.06 bits per heavy atom. The van der Waals surface area contributed by atoms with E-state index in [0.29, 0.717) is 5.57 Å². The maximum atomic E-state index is 11.6. The van der Waals surface area contributed by atoms with Gasteiger partial charge in [-0.3, -0.25) is 9.59 Å². The Morgan fingerprint density at radius 2 is 1.56 bits per heavy atom. The Bertz CT molecular complexity index is 384. The van der Waals surface area contributed by atoms with Crippen LogP contribution in [0.2, 0.25) is 0 Å². The Kier molecular flexibility index (Phi) is 4.88. The molecule has 6 heteroatoms. The SMILES string of the molecule is COC(=O)C1=CC[C@H](C(=O)OC)[C@H](C(=O)OC)C1. The highest BCUT2D eigenvalue weighted by Crippen LogP contribution is 2.32. The van der Waals surface area contributed by atoms with E-state index in [0.717, 1.165) is 0 Å². The second-order valence-electron chi connectivity index (χ2n) is 3.92. The molecule has 0 radical (unpaired) electrons. The smallest absolute Gasteiger partial charge is 0.333 e. The fourth-order valence-electron chi connectivity index (χ4n) is 2.00. The summed E-state index contributed by atoms with van der Waals surface area (Å²) in [5, 5.41) is 0. The van der Waals surface area contributed by atoms with Crippen molar-refractivity contribution in [3.05, 3.63) is 11.6 Å². The maximum absolute atomic E-state index is 11.6. The van der Waals surface area contributed by atoms with Crippen LogP contribution in [0.25, 0.3) is 0 Å². The van der Waals surface area contributed by atoms with E-state index in [2.05, 4.69) is 14.2 Å². The molecule has 0 bridgehead atoms. The number of carbonyl (C=O) groups is 3. The molecule has 0 aromatic heterocycles. The summed E-state index contributed by atoms with van der Waals surface area (Å²) in [4.78, 5) is 34.6. The molecule has 0 saturated carbocycles. The van der Waals surface area contributed by atoms with Gasteiger partial charge in [0.1, 0.15) is 0 Å². The highest BCUT2D eigenvalue weighted by atomic mass is 16.5. The molecule has 0 aromatic rings. The number of allylic oxidation sites excluding steroid dienone is 1. The van der Waals surface area contributed by atoms with Crippen LogP contribution < -0.4 is 0 Å². The van der Waals surface area contributed by atoms with Crippen LogP contribution in [0.3, 0.4) is 0 Å². The van der Waals surface area contributed by atoms with Crippen LogP contribution >= 0.6 is 0 Å². The molecule has 0 aromatic carbocycles. The van der Waals surface area contributed by atoms with Crippen LogP contribution in [-0.2, 0) is 28.6 Å². The van der Waals surface area contributed by atoms with Gasteiger partial charge in [0.25, 0.3) is 0 Å². The Balaban J connectivity index is 2.94. The van der Waals surface area contributed by atoms with Crippen LogP contribution in [0.1, 0.15) is 12.8 Å². The van der Waals surface area contributed by atoms with Gasteiger partial charge < -0.3 is 14.2 Å². The Labute approximate surface area is 105 Å². The number of ether oxygens (including phenoxy) is 3. The minimum absolute atomic E-state index is 0.124. The van der Waals surface area contributed by atoms with Gasteiger partial charge in [-0.2, -0.15) is 0 Å². The van der Waals surface area contributed by atoms with E-state index >= 15 is 0 Å². The lowest BCUT2D eigenvalue weighted by Gasteiger charge is -2.26. The van der Waals surface area contributed by atoms with E-state index in [1.54, 1.807) is 6.08 Å². The topological polar surface area (TPSA) is 78.9 Å². The second-order valence-corrected chi connectivity index (χ2v) is 3.92. The molecule has 0 aliphatic heterocycles. The van der Waals surface area contributed by atoms with E-state index in [1.807, 2.05) is 0 Å². The highest BCUT2D eigenvalue weighted by Gasteiger charge is 2.39. The Morgan fingerprint density at radius 1 is 1.00 bits per heavy atom. The van der Waals surface area contributed by atoms with Crippen LogP contribution in [-0.4, -0.2) is 39.2 Å². The summed E-state index contributed by atoms with van der Waals surface area (Å²) in [7, 11) is 3.77. The maximum Gasteiger partial charge on any atom is 0.333 e. The molecule has 6 nitrogen and oxygen atoms in total. The molecule has 0 fully saturated rings. The Hall–Kier alpha value is -1.85. The largest absolute Gasteiger partial charge is 0.469 e. The number of hydrogen-bond donors (Lipinski definition) is 0. The molecular formula is C12H16O6. The van der Waals surface area contributed by atoms with Crippen LogP contribution in [0.5, 0.6) is 0 Å². The van der Waals surface area contributed by atoms with Gasteiger partial charge in [-0.05, 0) is 12.8 Å². The number of hydrogen-bond acceptors (Lipinski definition) is 6. The van der Waals surface area contributed by atoms with Crippen LogP contribution in [0.15, 0.2) is 11.6 Å². The quantitative estimate of drug-likeness (QED) is 0.539. The van der Waals surface area contributed by atoms with Crippen LogP contribution in [0, 0.1) is 11.8 Å². The molecular weight excluding hydrogens is 240 g/mol. The summed E-state index contributed by atoms with van der Waals surface area (Å²) in [5.41, 5.74) is 0.382. The molecule has 1 aliphatic rings. The lowest BCUT2D eigenvalue weighted by atomic mass is 9.79. The van der Waals surface area contributed by atoms with Crippen molar-refractivity contribution in [2.45, 2.75) is 12.8 Å². The minimum atomic E-state index is -0.707. The van der Waals surface area contributed by atoms with Gasteiger partial charge in [0, 0.05) is 5.57 Å². The fraction of sp³-hybridized carbons (Fsp3) is 0.583. The van der Waals surface area contributed by atoms with Gasteiger partial charge in [-0.1, -0.05) is 6.08 Å². The van der Waals surface area contributed by atoms with Gasteiger partial charge >= 0.3 is 17.9 Å². The molecule has 18 heavy (non-hydrogen) atoms. The zero-order valence-electron chi connectivity index (χ0n) is 10.6. The molecule has 1 rings (SSSR count). The first kappa shape index (κ1) is 14.2. The van der Waals surface area contributed by atoms with Crippen LogP contribution in [0.4, 0.5) is 0 Å². The summed E-state index contributed by atoms with van der Waals surface area (Å²) < 4.78 is 13.9. The number of carbonyl (C=O) groups excluding carboxylic acids is 3. The first-order chi connectivity index (χ1) is 8.54. The third-order valence-electron chi connectivity index (χ3n) is 3.00. The molecule has 0 N–H and O–H groups in total. The summed E-state index contributed by atoms with van der Waals surface area (Å²) in [6.07, 6.45) is 1.99. The molecule has 0 unspecified atom stereocenters. The number of methoxy groups -OCH3 is 3. The van der Waals surface area contributed by atoms with Crippen molar-refractivity contribution < 1.29 is 28.6 Å². The van der Waals surface area contributed by atoms with E-state index in [9.17, 15) is 14.4 Å². The van der Waals surface area contributed by atoms with Crippen molar-refractivity contribution in [3.63, 3.8) is 0 Å². The van der Waals surface area contributed by atoms with Gasteiger partial charge in [0.05, 0.1) is 33.2 Å². The van der Waals surface area contributed by atoms with Crippen molar-refractivity contribution in [1.29, 1.82) is 0 Å². The summed E-state index contributed by atoms with van der Waals surface area (Å²) >= 11 is 0. The summed E-state index contributed by atoms with van der Waals surface area (Å²) in [6.45, 7) is 0. The lowest BCUT2D eigenvalue weighted by molar-refractivity contribution is -0.158. The normalized spacial score (nSPS) is 22.7. The van der Waals surface area contributed by atoms with E-state index in [-0.39, 0.29) is 12.8 Å². The van der Waals surface area contributed by atoms with Crippen molar-refractivity contribution >= 4 is 17.9 Å². The summed E-state index contributed by atoms with van der Waals surface area (Å²) in [5.74, 6) is -2.82. The first-order valence-corrected chi connectivity index (χ1v) is 5.48. The van der Waals surface area contributed by atoms with E-state index in [4.69, 9.17) is 0 Å². The van der Waals surface area contributed by atoms with E-state index in [1.165, 1.54) is 21.3 Å². The predicted molar refractivity (Wildman–Crippen MR) is 60.3 cm³/mol. The standard InChI is InChI=1S/C12H16O6/c1-16-10(13)7-4-5-8(11(14)17-2)9(6-7)12(15)18-3/h4,8-9H,5-6H2,1-3H3/t8-,9+/m0/s1. The molecule has 100 valence electrons. The monoisotopic (exact) mass is 256 g/mol. The molecule has 2 atom stereocenters. The van der Waals surface area contributed by atoms with Crippen molar-refractivity contribution in [3.8, 4) is 0 Å². The van der Waals surface area contributed by atoms with Crippen molar-refractivity contribution in [2.24, 2.45) is 11.8 Å². The molecule has 0 heterocycles. The fourth-order valence-corrected chi connectivity index (χ4v) is 2.00. The molecule has 1 aliphatic carbocycles. The number of esters is 3. The van der Waals surface area contributed by atoms with Gasteiger partial charge in [0.2, 0.25) is 0 Å². The number of rotatable bonds is 3. The van der Waals surface area contributed by atoms with Gasteiger partial charge in [-0.25, -0.2) is 4.79 Å². The molecule has 0 spiro atoms. The van der Waals surface area contributed by atoms with Gasteiger partial charge in [-0.15, -0.1) is 0 Å². The predicted octanol–water partition coefficient (Wildman–Crippen LogP) is 0.458. The second kappa shape index (κ2) is 6.18. The average Bonchev–Trinajstić information content (AvgIpc) is 2.43. The van der Waals surface area contributed by atoms with Gasteiger partial charge in [0.15, 0.2) is 0 Å². The third-order valence-corrected chi connectivity index (χ3v) is 3.00. The molecule has 0 saturated heterocycles.